The first-order valence-electron chi connectivity index (χ1n) is 10.3. The van der Waals surface area contributed by atoms with Crippen LogP contribution in [0.5, 0.6) is 0 Å². The molecule has 1 aliphatic carbocycles. The Kier molecular flexibility index (Phi) is 6.18. The highest BCUT2D eigenvalue weighted by Crippen LogP contribution is 2.29. The van der Waals surface area contributed by atoms with Crippen molar-refractivity contribution in [3.8, 4) is 0 Å². The molecule has 0 N–H and O–H groups in total. The van der Waals surface area contributed by atoms with Gasteiger partial charge in [0.2, 0.25) is 0 Å². The smallest absolute Gasteiger partial charge is 0.0671 e. The summed E-state index contributed by atoms with van der Waals surface area (Å²) in [4.78, 5) is 2.72. The lowest BCUT2D eigenvalue weighted by atomic mass is 9.89. The molecule has 1 aliphatic heterocycles. The summed E-state index contributed by atoms with van der Waals surface area (Å²) in [6.45, 7) is 11.2. The van der Waals surface area contributed by atoms with E-state index in [0.717, 1.165) is 18.2 Å². The molecule has 2 heterocycles. The number of aryl methyl sites for hydroxylation is 2. The fourth-order valence-electron chi connectivity index (χ4n) is 4.26. The maximum absolute atomic E-state index is 4.54. The van der Waals surface area contributed by atoms with Gasteiger partial charge in [0.25, 0.3) is 0 Å². The van der Waals surface area contributed by atoms with Crippen molar-refractivity contribution in [2.45, 2.75) is 72.3 Å². The standard InChI is InChI=1S/C23H35N3/c1-6-20(11-10-17(2)23-18(3)24-25(5)19(23)4)16-21-12-14-26(15-13-21)22-8-7-9-22/h10-11,16,22H,6-9,12-15H2,1-5H3. The van der Waals surface area contributed by atoms with Crippen molar-refractivity contribution in [2.24, 2.45) is 7.05 Å². The minimum Gasteiger partial charge on any atom is -0.300 e. The van der Waals surface area contributed by atoms with Crippen molar-refractivity contribution in [1.82, 2.24) is 14.7 Å². The molecule has 0 spiro atoms. The number of likely N-dealkylation sites (tertiary alicyclic amines) is 1. The van der Waals surface area contributed by atoms with Gasteiger partial charge in [-0.2, -0.15) is 5.10 Å². The van der Waals surface area contributed by atoms with Crippen LogP contribution in [-0.4, -0.2) is 33.8 Å². The molecule has 0 aromatic carbocycles. The van der Waals surface area contributed by atoms with E-state index < -0.39 is 0 Å². The molecule has 26 heavy (non-hydrogen) atoms. The van der Waals surface area contributed by atoms with Crippen molar-refractivity contribution in [3.05, 3.63) is 46.3 Å². The van der Waals surface area contributed by atoms with E-state index in [-0.39, 0.29) is 0 Å². The van der Waals surface area contributed by atoms with Crippen LogP contribution in [0.2, 0.25) is 0 Å². The largest absolute Gasteiger partial charge is 0.300 e. The Morgan fingerprint density at radius 3 is 2.35 bits per heavy atom. The van der Waals surface area contributed by atoms with Crippen molar-refractivity contribution < 1.29 is 0 Å². The second-order valence-corrected chi connectivity index (χ2v) is 8.04. The molecule has 3 nitrogen and oxygen atoms in total. The molecule has 1 saturated heterocycles. The van der Waals surface area contributed by atoms with E-state index in [2.05, 4.69) is 55.9 Å². The number of piperidine rings is 1. The molecule has 3 rings (SSSR count). The summed E-state index contributed by atoms with van der Waals surface area (Å²) in [5.74, 6) is 0. The third-order valence-corrected chi connectivity index (χ3v) is 6.28. The van der Waals surface area contributed by atoms with E-state index in [9.17, 15) is 0 Å². The summed E-state index contributed by atoms with van der Waals surface area (Å²) in [6.07, 6.45) is 14.9. The number of nitrogens with zero attached hydrogens (tertiary/aromatic N) is 3. The Morgan fingerprint density at radius 2 is 1.85 bits per heavy atom. The summed E-state index contributed by atoms with van der Waals surface area (Å²) in [5.41, 5.74) is 8.03. The first kappa shape index (κ1) is 19.2. The Morgan fingerprint density at radius 1 is 1.15 bits per heavy atom. The monoisotopic (exact) mass is 353 g/mol. The molecule has 3 heteroatoms. The average molecular weight is 354 g/mol. The van der Waals surface area contributed by atoms with E-state index in [1.54, 1.807) is 5.57 Å². The number of hydrogen-bond acceptors (Lipinski definition) is 2. The fraction of sp³-hybridized carbons (Fsp3) is 0.609. The number of aromatic nitrogens is 2. The van der Waals surface area contributed by atoms with Gasteiger partial charge in [-0.15, -0.1) is 0 Å². The lowest BCUT2D eigenvalue weighted by Gasteiger charge is -2.40. The normalized spacial score (nSPS) is 20.4. The molecule has 142 valence electrons. The third-order valence-electron chi connectivity index (χ3n) is 6.28. The molecule has 0 amide bonds. The summed E-state index contributed by atoms with van der Waals surface area (Å²) >= 11 is 0. The fourth-order valence-corrected chi connectivity index (χ4v) is 4.26. The van der Waals surface area contributed by atoms with Crippen LogP contribution in [0.4, 0.5) is 0 Å². The van der Waals surface area contributed by atoms with Crippen molar-refractivity contribution >= 4 is 5.57 Å². The predicted octanol–water partition coefficient (Wildman–Crippen LogP) is 5.35. The second kappa shape index (κ2) is 8.39. The molecule has 0 radical (unpaired) electrons. The molecule has 2 aliphatic rings. The van der Waals surface area contributed by atoms with Gasteiger partial charge in [0.1, 0.15) is 0 Å². The Balaban J connectivity index is 1.68. The van der Waals surface area contributed by atoms with E-state index in [0.29, 0.717) is 0 Å². The third kappa shape index (κ3) is 4.20. The predicted molar refractivity (Wildman–Crippen MR) is 111 cm³/mol. The number of allylic oxidation sites excluding steroid dienone is 5. The molecule has 0 bridgehead atoms. The summed E-state index contributed by atoms with van der Waals surface area (Å²) in [7, 11) is 2.02. The first-order chi connectivity index (χ1) is 12.5. The average Bonchev–Trinajstić information content (AvgIpc) is 2.83. The topological polar surface area (TPSA) is 21.1 Å². The SMILES string of the molecule is CCC(=CC=C(C)c1c(C)nn(C)c1C)C=C1CCN(C2CCC2)CC1. The molecular formula is C23H35N3. The lowest BCUT2D eigenvalue weighted by Crippen LogP contribution is -2.43. The maximum atomic E-state index is 4.54. The van der Waals surface area contributed by atoms with Gasteiger partial charge >= 0.3 is 0 Å². The van der Waals surface area contributed by atoms with Gasteiger partial charge < -0.3 is 0 Å². The Bertz CT molecular complexity index is 719. The van der Waals surface area contributed by atoms with Gasteiger partial charge in [0.15, 0.2) is 0 Å². The first-order valence-corrected chi connectivity index (χ1v) is 10.3. The zero-order valence-corrected chi connectivity index (χ0v) is 17.3. The highest BCUT2D eigenvalue weighted by atomic mass is 15.3. The van der Waals surface area contributed by atoms with E-state index >= 15 is 0 Å². The molecular weight excluding hydrogens is 318 g/mol. The van der Waals surface area contributed by atoms with Gasteiger partial charge in [-0.1, -0.05) is 37.1 Å². The Labute approximate surface area is 159 Å². The number of hydrogen-bond donors (Lipinski definition) is 0. The lowest BCUT2D eigenvalue weighted by molar-refractivity contribution is 0.118. The highest BCUT2D eigenvalue weighted by Gasteiger charge is 2.26. The zero-order valence-electron chi connectivity index (χ0n) is 17.3. The van der Waals surface area contributed by atoms with Crippen LogP contribution in [0.25, 0.3) is 5.57 Å². The molecule has 0 atom stereocenters. The molecule has 1 aromatic heterocycles. The molecule has 1 aromatic rings. The summed E-state index contributed by atoms with van der Waals surface area (Å²) in [6, 6.07) is 0.897. The van der Waals surface area contributed by atoms with Gasteiger partial charge in [-0.3, -0.25) is 9.58 Å². The van der Waals surface area contributed by atoms with Gasteiger partial charge in [-0.05, 0) is 64.0 Å². The van der Waals surface area contributed by atoms with Crippen LogP contribution < -0.4 is 0 Å². The summed E-state index contributed by atoms with van der Waals surface area (Å²) in [5, 5.41) is 4.54. The molecule has 0 unspecified atom stereocenters. The Hall–Kier alpha value is -1.61. The van der Waals surface area contributed by atoms with Gasteiger partial charge in [0.05, 0.1) is 5.69 Å². The zero-order chi connectivity index (χ0) is 18.7. The maximum Gasteiger partial charge on any atom is 0.0671 e. The van der Waals surface area contributed by atoms with Crippen LogP contribution in [0.1, 0.15) is 69.3 Å². The van der Waals surface area contributed by atoms with E-state index in [1.165, 1.54) is 67.6 Å². The van der Waals surface area contributed by atoms with Crippen LogP contribution in [0.15, 0.2) is 29.4 Å². The second-order valence-electron chi connectivity index (χ2n) is 8.04. The number of rotatable bonds is 5. The minimum atomic E-state index is 0.897. The van der Waals surface area contributed by atoms with Crippen LogP contribution in [-0.2, 0) is 7.05 Å². The highest BCUT2D eigenvalue weighted by molar-refractivity contribution is 5.69. The quantitative estimate of drug-likeness (QED) is 0.665. The molecule has 1 saturated carbocycles. The van der Waals surface area contributed by atoms with Crippen molar-refractivity contribution in [3.63, 3.8) is 0 Å². The summed E-state index contributed by atoms with van der Waals surface area (Å²) < 4.78 is 1.98. The van der Waals surface area contributed by atoms with Crippen molar-refractivity contribution in [2.75, 3.05) is 13.1 Å². The van der Waals surface area contributed by atoms with E-state index in [4.69, 9.17) is 0 Å². The van der Waals surface area contributed by atoms with Gasteiger partial charge in [0, 0.05) is 37.4 Å². The van der Waals surface area contributed by atoms with Crippen LogP contribution in [0.3, 0.4) is 0 Å². The van der Waals surface area contributed by atoms with Crippen molar-refractivity contribution in [1.29, 1.82) is 0 Å². The van der Waals surface area contributed by atoms with E-state index in [1.807, 2.05) is 11.7 Å². The minimum absolute atomic E-state index is 0.897. The van der Waals surface area contributed by atoms with Gasteiger partial charge in [-0.25, -0.2) is 0 Å². The van der Waals surface area contributed by atoms with Crippen LogP contribution in [0, 0.1) is 13.8 Å². The molecule has 2 fully saturated rings. The van der Waals surface area contributed by atoms with Crippen LogP contribution >= 0.6 is 0 Å².